The number of rotatable bonds is 2. The zero-order valence-electron chi connectivity index (χ0n) is 8.21. The number of amides is 2. The molecule has 0 radical (unpaired) electrons. The molecule has 16 heavy (non-hydrogen) atoms. The number of hydrogen-bond acceptors (Lipinski definition) is 4. The van der Waals surface area contributed by atoms with Gasteiger partial charge in [-0.05, 0) is 12.1 Å². The van der Waals surface area contributed by atoms with Crippen LogP contribution in [0.15, 0.2) is 18.3 Å². The van der Waals surface area contributed by atoms with E-state index in [1.807, 2.05) is 0 Å². The second-order valence-corrected chi connectivity index (χ2v) is 3.33. The summed E-state index contributed by atoms with van der Waals surface area (Å²) in [6.45, 7) is 0. The maximum atomic E-state index is 11.4. The van der Waals surface area contributed by atoms with Gasteiger partial charge in [0.1, 0.15) is 5.82 Å². The lowest BCUT2D eigenvalue weighted by Crippen LogP contribution is -2.29. The quantitative estimate of drug-likeness (QED) is 0.730. The summed E-state index contributed by atoms with van der Waals surface area (Å²) in [5.41, 5.74) is -0.00231. The van der Waals surface area contributed by atoms with Crippen LogP contribution in [0.1, 0.15) is 23.2 Å². The van der Waals surface area contributed by atoms with Gasteiger partial charge in [-0.1, -0.05) is 0 Å². The predicted octanol–water partition coefficient (Wildman–Crippen LogP) is 0.433. The first-order valence-electron chi connectivity index (χ1n) is 4.65. The van der Waals surface area contributed by atoms with Crippen LogP contribution in [0, 0.1) is 0 Å². The second-order valence-electron chi connectivity index (χ2n) is 3.33. The number of imide groups is 1. The SMILES string of the molecule is O=C(O)c1ccnc(N2C(=O)CCC2=O)c1. The molecular weight excluding hydrogens is 212 g/mol. The zero-order valence-corrected chi connectivity index (χ0v) is 8.21. The van der Waals surface area contributed by atoms with Crippen LogP contribution >= 0.6 is 0 Å². The molecule has 82 valence electrons. The molecule has 2 rings (SSSR count). The number of aromatic nitrogens is 1. The molecule has 1 saturated heterocycles. The summed E-state index contributed by atoms with van der Waals surface area (Å²) in [5.74, 6) is -1.74. The lowest BCUT2D eigenvalue weighted by atomic mass is 10.2. The lowest BCUT2D eigenvalue weighted by molar-refractivity contribution is -0.121. The molecule has 2 heterocycles. The van der Waals surface area contributed by atoms with Crippen molar-refractivity contribution in [2.75, 3.05) is 4.90 Å². The van der Waals surface area contributed by atoms with Gasteiger partial charge in [0.25, 0.3) is 0 Å². The molecule has 6 heteroatoms. The minimum absolute atomic E-state index is 0.00231. The fraction of sp³-hybridized carbons (Fsp3) is 0.200. The summed E-state index contributed by atoms with van der Waals surface area (Å²) in [6, 6.07) is 2.51. The molecule has 6 nitrogen and oxygen atoms in total. The Bertz CT molecular complexity index is 467. The first-order chi connectivity index (χ1) is 7.59. The third-order valence-electron chi connectivity index (χ3n) is 2.27. The summed E-state index contributed by atoms with van der Waals surface area (Å²) in [4.78, 5) is 38.2. The molecule has 1 aliphatic rings. The number of anilines is 1. The van der Waals surface area contributed by atoms with Crippen molar-refractivity contribution in [2.24, 2.45) is 0 Å². The van der Waals surface area contributed by atoms with Gasteiger partial charge in [-0.2, -0.15) is 0 Å². The Hall–Kier alpha value is -2.24. The Morgan fingerprint density at radius 1 is 1.31 bits per heavy atom. The predicted molar refractivity (Wildman–Crippen MR) is 52.9 cm³/mol. The van der Waals surface area contributed by atoms with E-state index >= 15 is 0 Å². The number of carbonyl (C=O) groups is 3. The van der Waals surface area contributed by atoms with Crippen molar-refractivity contribution in [3.05, 3.63) is 23.9 Å². The molecule has 1 N–H and O–H groups in total. The highest BCUT2D eigenvalue weighted by Gasteiger charge is 2.31. The van der Waals surface area contributed by atoms with E-state index < -0.39 is 5.97 Å². The molecule has 0 aliphatic carbocycles. The minimum Gasteiger partial charge on any atom is -0.478 e. The summed E-state index contributed by atoms with van der Waals surface area (Å²) >= 11 is 0. The van der Waals surface area contributed by atoms with E-state index in [1.54, 1.807) is 0 Å². The summed E-state index contributed by atoms with van der Waals surface area (Å²) in [6.07, 6.45) is 1.56. The molecule has 0 atom stereocenters. The third-order valence-corrected chi connectivity index (χ3v) is 2.27. The van der Waals surface area contributed by atoms with E-state index in [4.69, 9.17) is 5.11 Å². The fourth-order valence-electron chi connectivity index (χ4n) is 1.51. The standard InChI is InChI=1S/C10H8N2O4/c13-8-1-2-9(14)12(8)7-5-6(10(15)16)3-4-11-7/h3-5H,1-2H2,(H,15,16). The number of nitrogens with zero attached hydrogens (tertiary/aromatic N) is 2. The van der Waals surface area contributed by atoms with Gasteiger partial charge < -0.3 is 5.11 Å². The average molecular weight is 220 g/mol. The van der Waals surface area contributed by atoms with Gasteiger partial charge in [0.05, 0.1) is 5.56 Å². The van der Waals surface area contributed by atoms with Crippen LogP contribution in [0.25, 0.3) is 0 Å². The van der Waals surface area contributed by atoms with Crippen molar-refractivity contribution in [3.63, 3.8) is 0 Å². The van der Waals surface area contributed by atoms with Gasteiger partial charge in [-0.3, -0.25) is 9.59 Å². The van der Waals surface area contributed by atoms with E-state index in [0.29, 0.717) is 0 Å². The van der Waals surface area contributed by atoms with Gasteiger partial charge in [-0.25, -0.2) is 14.7 Å². The van der Waals surface area contributed by atoms with Crippen LogP contribution in [-0.4, -0.2) is 27.9 Å². The Morgan fingerprint density at radius 3 is 2.50 bits per heavy atom. The van der Waals surface area contributed by atoms with Gasteiger partial charge in [0, 0.05) is 19.0 Å². The number of carbonyl (C=O) groups excluding carboxylic acids is 2. The molecular formula is C10H8N2O4. The van der Waals surface area contributed by atoms with Crippen molar-refractivity contribution in [2.45, 2.75) is 12.8 Å². The molecule has 1 aromatic heterocycles. The Labute approximate surface area is 90.5 Å². The number of pyridine rings is 1. The number of aromatic carboxylic acids is 1. The molecule has 0 unspecified atom stereocenters. The Kier molecular flexibility index (Phi) is 2.40. The number of carboxylic acid groups (broad SMARTS) is 1. The highest BCUT2D eigenvalue weighted by Crippen LogP contribution is 2.20. The van der Waals surface area contributed by atoms with Crippen LogP contribution in [0.3, 0.4) is 0 Å². The molecule has 0 spiro atoms. The second kappa shape index (κ2) is 3.73. The van der Waals surface area contributed by atoms with Gasteiger partial charge in [0.2, 0.25) is 11.8 Å². The summed E-state index contributed by atoms with van der Waals surface area (Å²) < 4.78 is 0. The third kappa shape index (κ3) is 1.65. The maximum absolute atomic E-state index is 11.4. The van der Waals surface area contributed by atoms with Crippen LogP contribution < -0.4 is 4.90 Å². The molecule has 1 aliphatic heterocycles. The van der Waals surface area contributed by atoms with Crippen molar-refractivity contribution in [1.82, 2.24) is 4.98 Å². The highest BCUT2D eigenvalue weighted by atomic mass is 16.4. The smallest absolute Gasteiger partial charge is 0.335 e. The van der Waals surface area contributed by atoms with E-state index in [0.717, 1.165) is 4.90 Å². The average Bonchev–Trinajstić information content (AvgIpc) is 2.59. The molecule has 0 saturated carbocycles. The van der Waals surface area contributed by atoms with Crippen LogP contribution in [0.5, 0.6) is 0 Å². The van der Waals surface area contributed by atoms with Crippen LogP contribution in [-0.2, 0) is 9.59 Å². The van der Waals surface area contributed by atoms with E-state index in [2.05, 4.69) is 4.98 Å². The van der Waals surface area contributed by atoms with Gasteiger partial charge in [0.15, 0.2) is 0 Å². The van der Waals surface area contributed by atoms with Crippen molar-refractivity contribution >= 4 is 23.6 Å². The summed E-state index contributed by atoms with van der Waals surface area (Å²) in [5, 5.41) is 8.77. The minimum atomic E-state index is -1.12. The van der Waals surface area contributed by atoms with E-state index in [-0.39, 0.29) is 36.0 Å². The first-order valence-corrected chi connectivity index (χ1v) is 4.65. The molecule has 2 amide bonds. The van der Waals surface area contributed by atoms with Crippen LogP contribution in [0.4, 0.5) is 5.82 Å². The van der Waals surface area contributed by atoms with Crippen molar-refractivity contribution < 1.29 is 19.5 Å². The van der Waals surface area contributed by atoms with Crippen molar-refractivity contribution in [3.8, 4) is 0 Å². The van der Waals surface area contributed by atoms with E-state index in [9.17, 15) is 14.4 Å². The molecule has 1 fully saturated rings. The fourth-order valence-corrected chi connectivity index (χ4v) is 1.51. The Morgan fingerprint density at radius 2 is 1.94 bits per heavy atom. The molecule has 0 aromatic carbocycles. The highest BCUT2D eigenvalue weighted by molar-refractivity contribution is 6.19. The van der Waals surface area contributed by atoms with E-state index in [1.165, 1.54) is 18.3 Å². The Balaban J connectivity index is 2.40. The topological polar surface area (TPSA) is 87.6 Å². The zero-order chi connectivity index (χ0) is 11.7. The van der Waals surface area contributed by atoms with Crippen molar-refractivity contribution in [1.29, 1.82) is 0 Å². The largest absolute Gasteiger partial charge is 0.478 e. The van der Waals surface area contributed by atoms with Crippen LogP contribution in [0.2, 0.25) is 0 Å². The molecule has 1 aromatic rings. The number of carboxylic acids is 1. The monoisotopic (exact) mass is 220 g/mol. The van der Waals surface area contributed by atoms with Gasteiger partial charge >= 0.3 is 5.97 Å². The number of hydrogen-bond donors (Lipinski definition) is 1. The first kappa shape index (κ1) is 10.3. The maximum Gasteiger partial charge on any atom is 0.335 e. The lowest BCUT2D eigenvalue weighted by Gasteiger charge is -2.12. The molecule has 0 bridgehead atoms. The van der Waals surface area contributed by atoms with Gasteiger partial charge in [-0.15, -0.1) is 0 Å². The summed E-state index contributed by atoms with van der Waals surface area (Å²) in [7, 11) is 0. The normalized spacial score (nSPS) is 15.6.